The van der Waals surface area contributed by atoms with Crippen molar-refractivity contribution in [3.05, 3.63) is 58.1 Å². The summed E-state index contributed by atoms with van der Waals surface area (Å²) < 4.78 is 51.3. The zero-order valence-electron chi connectivity index (χ0n) is 10.0. The van der Waals surface area contributed by atoms with E-state index in [-0.39, 0.29) is 12.2 Å². The molecule has 0 saturated carbocycles. The Kier molecular flexibility index (Phi) is 4.27. The minimum absolute atomic E-state index is 0.171. The van der Waals surface area contributed by atoms with Crippen molar-refractivity contribution < 1.29 is 17.6 Å². The Bertz CT molecular complexity index is 614. The summed E-state index contributed by atoms with van der Waals surface area (Å²) >= 11 is 3.17. The molecule has 0 amide bonds. The Morgan fingerprint density at radius 1 is 1.15 bits per heavy atom. The largest absolute Gasteiger partial charge is 0.416 e. The van der Waals surface area contributed by atoms with E-state index in [0.29, 0.717) is 10.0 Å². The summed E-state index contributed by atoms with van der Waals surface area (Å²) in [6, 6.07) is 4.56. The number of nitrogens with zero attached hydrogens (tertiary/aromatic N) is 1. The van der Waals surface area contributed by atoms with Crippen molar-refractivity contribution in [1.29, 1.82) is 0 Å². The summed E-state index contributed by atoms with van der Waals surface area (Å²) in [5.74, 6) is -0.493. The SMILES string of the molecule is Fc1cncc(CNc2cc(C(F)(F)F)ccc2Br)c1. The molecule has 0 bridgehead atoms. The third kappa shape index (κ3) is 3.69. The molecule has 0 atom stereocenters. The number of hydrogen-bond acceptors (Lipinski definition) is 2. The van der Waals surface area contributed by atoms with Crippen molar-refractivity contribution >= 4 is 21.6 Å². The molecule has 2 nitrogen and oxygen atoms in total. The molecule has 106 valence electrons. The molecular formula is C13H9BrF4N2. The lowest BCUT2D eigenvalue weighted by molar-refractivity contribution is -0.137. The molecule has 0 spiro atoms. The van der Waals surface area contributed by atoms with Gasteiger partial charge in [0, 0.05) is 22.9 Å². The Morgan fingerprint density at radius 3 is 2.55 bits per heavy atom. The molecule has 1 N–H and O–H groups in total. The van der Waals surface area contributed by atoms with E-state index in [1.165, 1.54) is 18.3 Å². The van der Waals surface area contributed by atoms with Gasteiger partial charge in [0.25, 0.3) is 0 Å². The van der Waals surface area contributed by atoms with E-state index >= 15 is 0 Å². The lowest BCUT2D eigenvalue weighted by Gasteiger charge is -2.12. The van der Waals surface area contributed by atoms with Crippen molar-refractivity contribution in [3.8, 4) is 0 Å². The topological polar surface area (TPSA) is 24.9 Å². The Balaban J connectivity index is 2.17. The highest BCUT2D eigenvalue weighted by atomic mass is 79.9. The number of benzene rings is 1. The average molecular weight is 349 g/mol. The molecular weight excluding hydrogens is 340 g/mol. The van der Waals surface area contributed by atoms with Crippen LogP contribution in [0.3, 0.4) is 0 Å². The number of hydrogen-bond donors (Lipinski definition) is 1. The van der Waals surface area contributed by atoms with Gasteiger partial charge in [0.05, 0.1) is 11.8 Å². The maximum absolute atomic E-state index is 12.9. The van der Waals surface area contributed by atoms with Crippen molar-refractivity contribution in [1.82, 2.24) is 4.98 Å². The molecule has 1 aromatic carbocycles. The number of alkyl halides is 3. The van der Waals surface area contributed by atoms with E-state index in [0.717, 1.165) is 18.3 Å². The second-order valence-electron chi connectivity index (χ2n) is 4.06. The third-order valence-electron chi connectivity index (χ3n) is 2.54. The number of rotatable bonds is 3. The predicted octanol–water partition coefficient (Wildman–Crippen LogP) is 4.61. The first kappa shape index (κ1) is 14.8. The molecule has 1 heterocycles. The van der Waals surface area contributed by atoms with E-state index in [9.17, 15) is 17.6 Å². The van der Waals surface area contributed by atoms with Gasteiger partial charge in [0.2, 0.25) is 0 Å². The standard InChI is InChI=1S/C13H9BrF4N2/c14-11-2-1-9(13(16,17)18)4-12(11)20-6-8-3-10(15)7-19-5-8/h1-5,7,20H,6H2. The van der Waals surface area contributed by atoms with Gasteiger partial charge in [-0.05, 0) is 45.8 Å². The van der Waals surface area contributed by atoms with Crippen LogP contribution in [0.4, 0.5) is 23.2 Å². The van der Waals surface area contributed by atoms with Gasteiger partial charge < -0.3 is 5.32 Å². The first-order valence-electron chi connectivity index (χ1n) is 5.56. The summed E-state index contributed by atoms with van der Waals surface area (Å²) in [6.45, 7) is 0.171. The minimum Gasteiger partial charge on any atom is -0.380 e. The zero-order chi connectivity index (χ0) is 14.8. The van der Waals surface area contributed by atoms with Crippen LogP contribution >= 0.6 is 15.9 Å². The lowest BCUT2D eigenvalue weighted by atomic mass is 10.2. The highest BCUT2D eigenvalue weighted by Crippen LogP contribution is 2.34. The van der Waals surface area contributed by atoms with Gasteiger partial charge in [-0.3, -0.25) is 4.98 Å². The van der Waals surface area contributed by atoms with Gasteiger partial charge in [-0.2, -0.15) is 13.2 Å². The molecule has 2 aromatic rings. The van der Waals surface area contributed by atoms with Crippen molar-refractivity contribution in [3.63, 3.8) is 0 Å². The summed E-state index contributed by atoms with van der Waals surface area (Å²) in [7, 11) is 0. The zero-order valence-corrected chi connectivity index (χ0v) is 11.6. The molecule has 0 unspecified atom stereocenters. The second-order valence-corrected chi connectivity index (χ2v) is 4.91. The van der Waals surface area contributed by atoms with E-state index in [1.54, 1.807) is 0 Å². The van der Waals surface area contributed by atoms with Gasteiger partial charge in [0.15, 0.2) is 0 Å². The van der Waals surface area contributed by atoms with E-state index in [1.807, 2.05) is 0 Å². The third-order valence-corrected chi connectivity index (χ3v) is 3.23. The number of anilines is 1. The molecule has 0 aliphatic rings. The normalized spacial score (nSPS) is 11.4. The lowest BCUT2D eigenvalue weighted by Crippen LogP contribution is -2.07. The molecule has 0 saturated heterocycles. The molecule has 0 aliphatic heterocycles. The van der Waals surface area contributed by atoms with Crippen LogP contribution in [0.15, 0.2) is 41.1 Å². The van der Waals surface area contributed by atoms with Crippen LogP contribution in [0.5, 0.6) is 0 Å². The highest BCUT2D eigenvalue weighted by molar-refractivity contribution is 9.10. The highest BCUT2D eigenvalue weighted by Gasteiger charge is 2.30. The maximum atomic E-state index is 12.9. The maximum Gasteiger partial charge on any atom is 0.416 e. The van der Waals surface area contributed by atoms with Crippen LogP contribution in [0.1, 0.15) is 11.1 Å². The van der Waals surface area contributed by atoms with Crippen LogP contribution < -0.4 is 5.32 Å². The van der Waals surface area contributed by atoms with Crippen LogP contribution in [0.2, 0.25) is 0 Å². The second kappa shape index (κ2) is 5.78. The fraction of sp³-hybridized carbons (Fsp3) is 0.154. The molecule has 2 rings (SSSR count). The van der Waals surface area contributed by atoms with Crippen LogP contribution in [-0.2, 0) is 12.7 Å². The molecule has 20 heavy (non-hydrogen) atoms. The van der Waals surface area contributed by atoms with Gasteiger partial charge in [-0.25, -0.2) is 4.39 Å². The minimum atomic E-state index is -4.41. The Labute approximate surface area is 121 Å². The first-order chi connectivity index (χ1) is 9.36. The average Bonchev–Trinajstić information content (AvgIpc) is 2.36. The van der Waals surface area contributed by atoms with Gasteiger partial charge in [-0.1, -0.05) is 0 Å². The van der Waals surface area contributed by atoms with Gasteiger partial charge in [-0.15, -0.1) is 0 Å². The van der Waals surface area contributed by atoms with Gasteiger partial charge >= 0.3 is 6.18 Å². The summed E-state index contributed by atoms with van der Waals surface area (Å²) in [4.78, 5) is 3.67. The van der Waals surface area contributed by atoms with E-state index < -0.39 is 17.6 Å². The number of pyridine rings is 1. The fourth-order valence-corrected chi connectivity index (χ4v) is 1.97. The van der Waals surface area contributed by atoms with Crippen LogP contribution in [-0.4, -0.2) is 4.98 Å². The van der Waals surface area contributed by atoms with Crippen molar-refractivity contribution in [2.75, 3.05) is 5.32 Å². The van der Waals surface area contributed by atoms with Crippen LogP contribution in [0.25, 0.3) is 0 Å². The predicted molar refractivity (Wildman–Crippen MR) is 70.7 cm³/mol. The fourth-order valence-electron chi connectivity index (χ4n) is 1.59. The van der Waals surface area contributed by atoms with Crippen molar-refractivity contribution in [2.24, 2.45) is 0 Å². The van der Waals surface area contributed by atoms with Gasteiger partial charge in [0.1, 0.15) is 5.82 Å². The quantitative estimate of drug-likeness (QED) is 0.819. The number of halogens is 5. The monoisotopic (exact) mass is 348 g/mol. The summed E-state index contributed by atoms with van der Waals surface area (Å²) in [6.07, 6.45) is -1.90. The van der Waals surface area contributed by atoms with E-state index in [2.05, 4.69) is 26.2 Å². The summed E-state index contributed by atoms with van der Waals surface area (Å²) in [5.41, 5.74) is 0.0685. The first-order valence-corrected chi connectivity index (χ1v) is 6.35. The van der Waals surface area contributed by atoms with Crippen molar-refractivity contribution in [2.45, 2.75) is 12.7 Å². The molecule has 0 aliphatic carbocycles. The summed E-state index contributed by atoms with van der Waals surface area (Å²) in [5, 5.41) is 2.82. The Morgan fingerprint density at radius 2 is 1.90 bits per heavy atom. The van der Waals surface area contributed by atoms with Crippen LogP contribution in [0, 0.1) is 5.82 Å². The molecule has 0 fully saturated rings. The molecule has 1 aromatic heterocycles. The van der Waals surface area contributed by atoms with E-state index in [4.69, 9.17) is 0 Å². The number of aromatic nitrogens is 1. The smallest absolute Gasteiger partial charge is 0.380 e. The molecule has 0 radical (unpaired) electrons. The molecule has 7 heteroatoms. The Hall–Kier alpha value is -1.63. The number of nitrogens with one attached hydrogen (secondary N) is 1.